The van der Waals surface area contributed by atoms with Gasteiger partial charge in [-0.25, -0.2) is 4.79 Å². The molecule has 0 radical (unpaired) electrons. The second kappa shape index (κ2) is 5.13. The van der Waals surface area contributed by atoms with Crippen LogP contribution in [0.25, 0.3) is 0 Å². The number of carbonyl (C=O) groups excluding carboxylic acids is 1. The van der Waals surface area contributed by atoms with E-state index in [2.05, 4.69) is 0 Å². The molecule has 0 atom stereocenters. The van der Waals surface area contributed by atoms with Gasteiger partial charge >= 0.3 is 5.97 Å². The number of fused-ring (bicyclic) bond motifs is 2. The van der Waals surface area contributed by atoms with Crippen LogP contribution in [0.3, 0.4) is 0 Å². The van der Waals surface area contributed by atoms with Crippen LogP contribution in [0.4, 0.5) is 0 Å². The van der Waals surface area contributed by atoms with Crippen molar-refractivity contribution in [2.45, 2.75) is 20.5 Å². The van der Waals surface area contributed by atoms with E-state index in [0.717, 1.165) is 16.7 Å². The van der Waals surface area contributed by atoms with Crippen molar-refractivity contribution in [1.82, 2.24) is 0 Å². The van der Waals surface area contributed by atoms with Gasteiger partial charge in [0.25, 0.3) is 0 Å². The van der Waals surface area contributed by atoms with E-state index in [9.17, 15) is 4.79 Å². The molecule has 0 aromatic heterocycles. The van der Waals surface area contributed by atoms with Crippen LogP contribution in [0.5, 0.6) is 17.2 Å². The summed E-state index contributed by atoms with van der Waals surface area (Å²) in [5.41, 5.74) is 3.23. The summed E-state index contributed by atoms with van der Waals surface area (Å²) in [7, 11) is 1.60. The molecule has 1 aliphatic rings. The molecular weight excluding hydrogens is 268 g/mol. The molecule has 0 N–H and O–H groups in total. The third-order valence-corrected chi connectivity index (χ3v) is 3.42. The lowest BCUT2D eigenvalue weighted by atomic mass is 10.1. The van der Waals surface area contributed by atoms with E-state index >= 15 is 0 Å². The quantitative estimate of drug-likeness (QED) is 0.748. The molecule has 3 rings (SSSR count). The zero-order valence-corrected chi connectivity index (χ0v) is 12.2. The minimum Gasteiger partial charge on any atom is -0.493 e. The predicted octanol–water partition coefficient (Wildman–Crippen LogP) is 3.77. The van der Waals surface area contributed by atoms with Crippen LogP contribution >= 0.6 is 0 Å². The number of hydrogen-bond donors (Lipinski definition) is 0. The monoisotopic (exact) mass is 284 g/mol. The highest BCUT2D eigenvalue weighted by Crippen LogP contribution is 2.39. The number of cyclic esters (lactones) is 1. The second-order valence-electron chi connectivity index (χ2n) is 5.13. The van der Waals surface area contributed by atoms with Crippen molar-refractivity contribution in [3.63, 3.8) is 0 Å². The Hall–Kier alpha value is -2.49. The maximum absolute atomic E-state index is 12.1. The Morgan fingerprint density at radius 2 is 1.90 bits per heavy atom. The van der Waals surface area contributed by atoms with Crippen LogP contribution in [-0.4, -0.2) is 13.1 Å². The number of carbonyl (C=O) groups is 1. The van der Waals surface area contributed by atoms with Crippen molar-refractivity contribution in [2.24, 2.45) is 0 Å². The molecule has 108 valence electrons. The molecule has 0 fully saturated rings. The minimum absolute atomic E-state index is 0.166. The normalized spacial score (nSPS) is 13.2. The molecule has 4 heteroatoms. The smallest absolute Gasteiger partial charge is 0.342 e. The van der Waals surface area contributed by atoms with Crippen molar-refractivity contribution < 1.29 is 19.0 Å². The second-order valence-corrected chi connectivity index (χ2v) is 5.13. The lowest BCUT2D eigenvalue weighted by Gasteiger charge is -2.20. The van der Waals surface area contributed by atoms with Gasteiger partial charge in [-0.3, -0.25) is 0 Å². The molecular formula is C17H16O4. The molecule has 2 aromatic rings. The Kier molecular flexibility index (Phi) is 3.29. The first-order valence-electron chi connectivity index (χ1n) is 6.71. The fourth-order valence-electron chi connectivity index (χ4n) is 2.41. The highest BCUT2D eigenvalue weighted by Gasteiger charge is 2.23. The van der Waals surface area contributed by atoms with E-state index in [-0.39, 0.29) is 12.6 Å². The summed E-state index contributed by atoms with van der Waals surface area (Å²) in [6, 6.07) is 9.28. The van der Waals surface area contributed by atoms with Crippen molar-refractivity contribution >= 4 is 5.97 Å². The van der Waals surface area contributed by atoms with Gasteiger partial charge in [-0.1, -0.05) is 11.6 Å². The van der Waals surface area contributed by atoms with E-state index in [0.29, 0.717) is 22.8 Å². The van der Waals surface area contributed by atoms with E-state index in [1.807, 2.05) is 32.0 Å². The van der Waals surface area contributed by atoms with Gasteiger partial charge in [0.1, 0.15) is 17.9 Å². The zero-order chi connectivity index (χ0) is 15.0. The van der Waals surface area contributed by atoms with E-state index in [1.54, 1.807) is 19.2 Å². The molecule has 0 aliphatic carbocycles. The number of ether oxygens (including phenoxy) is 3. The summed E-state index contributed by atoms with van der Waals surface area (Å²) < 4.78 is 16.7. The van der Waals surface area contributed by atoms with Crippen LogP contribution in [0.15, 0.2) is 30.3 Å². The third-order valence-electron chi connectivity index (χ3n) is 3.42. The Morgan fingerprint density at radius 3 is 2.67 bits per heavy atom. The molecule has 0 amide bonds. The van der Waals surface area contributed by atoms with Gasteiger partial charge in [-0.2, -0.15) is 0 Å². The third kappa shape index (κ3) is 2.44. The lowest BCUT2D eigenvalue weighted by molar-refractivity contribution is 0.0459. The molecule has 2 aromatic carbocycles. The minimum atomic E-state index is -0.375. The standard InChI is InChI=1S/C17H16O4/c1-10-4-5-14-13(7-10)17(18)20-9-12-6-11(2)8-15(19-3)16(12)21-14/h4-8H,9H2,1-3H3. The Balaban J connectivity index is 2.17. The summed E-state index contributed by atoms with van der Waals surface area (Å²) >= 11 is 0. The van der Waals surface area contributed by atoms with Gasteiger partial charge in [0.2, 0.25) is 0 Å². The Bertz CT molecular complexity index is 719. The molecule has 1 heterocycles. The van der Waals surface area contributed by atoms with E-state index in [4.69, 9.17) is 14.2 Å². The number of benzene rings is 2. The van der Waals surface area contributed by atoms with Crippen LogP contribution in [0.2, 0.25) is 0 Å². The van der Waals surface area contributed by atoms with Gasteiger partial charge in [0.05, 0.1) is 7.11 Å². The average Bonchev–Trinajstić information content (AvgIpc) is 2.46. The first-order valence-corrected chi connectivity index (χ1v) is 6.71. The van der Waals surface area contributed by atoms with Gasteiger partial charge < -0.3 is 14.2 Å². The number of methoxy groups -OCH3 is 1. The zero-order valence-electron chi connectivity index (χ0n) is 12.2. The van der Waals surface area contributed by atoms with Gasteiger partial charge in [-0.05, 0) is 43.7 Å². The largest absolute Gasteiger partial charge is 0.493 e. The molecule has 0 unspecified atom stereocenters. The van der Waals surface area contributed by atoms with Crippen molar-refractivity contribution in [3.05, 3.63) is 52.6 Å². The summed E-state index contributed by atoms with van der Waals surface area (Å²) in [5, 5.41) is 0. The van der Waals surface area contributed by atoms with Crippen molar-refractivity contribution in [1.29, 1.82) is 0 Å². The first kappa shape index (κ1) is 13.5. The molecule has 0 spiro atoms. The highest BCUT2D eigenvalue weighted by molar-refractivity contribution is 5.93. The highest BCUT2D eigenvalue weighted by atomic mass is 16.5. The lowest BCUT2D eigenvalue weighted by Crippen LogP contribution is -2.12. The molecule has 0 bridgehead atoms. The summed E-state index contributed by atoms with van der Waals surface area (Å²) in [6.45, 7) is 4.05. The molecule has 4 nitrogen and oxygen atoms in total. The fraction of sp³-hybridized carbons (Fsp3) is 0.235. The van der Waals surface area contributed by atoms with E-state index in [1.165, 1.54) is 0 Å². The van der Waals surface area contributed by atoms with E-state index < -0.39 is 0 Å². The molecule has 1 aliphatic heterocycles. The Morgan fingerprint density at radius 1 is 1.10 bits per heavy atom. The number of aryl methyl sites for hydroxylation is 2. The summed E-state index contributed by atoms with van der Waals surface area (Å²) in [5.74, 6) is 1.34. The molecule has 21 heavy (non-hydrogen) atoms. The maximum atomic E-state index is 12.1. The number of esters is 1. The maximum Gasteiger partial charge on any atom is 0.342 e. The van der Waals surface area contributed by atoms with Gasteiger partial charge in [-0.15, -0.1) is 0 Å². The summed E-state index contributed by atoms with van der Waals surface area (Å²) in [4.78, 5) is 12.1. The topological polar surface area (TPSA) is 44.8 Å². The fourth-order valence-corrected chi connectivity index (χ4v) is 2.41. The average molecular weight is 284 g/mol. The summed E-state index contributed by atoms with van der Waals surface area (Å²) in [6.07, 6.45) is 0. The molecule has 0 saturated heterocycles. The van der Waals surface area contributed by atoms with Crippen LogP contribution in [0, 0.1) is 13.8 Å². The van der Waals surface area contributed by atoms with Crippen molar-refractivity contribution in [3.8, 4) is 17.2 Å². The predicted molar refractivity (Wildman–Crippen MR) is 78.1 cm³/mol. The van der Waals surface area contributed by atoms with Crippen molar-refractivity contribution in [2.75, 3.05) is 7.11 Å². The van der Waals surface area contributed by atoms with Gasteiger partial charge in [0.15, 0.2) is 11.5 Å². The van der Waals surface area contributed by atoms with Crippen LogP contribution in [-0.2, 0) is 11.3 Å². The number of rotatable bonds is 1. The van der Waals surface area contributed by atoms with Crippen LogP contribution < -0.4 is 9.47 Å². The van der Waals surface area contributed by atoms with Crippen LogP contribution in [0.1, 0.15) is 27.0 Å². The first-order chi connectivity index (χ1) is 10.1. The number of hydrogen-bond acceptors (Lipinski definition) is 4. The SMILES string of the molecule is COc1cc(C)cc2c1Oc1ccc(C)cc1C(=O)OC2. The molecule has 0 saturated carbocycles. The van der Waals surface area contributed by atoms with Gasteiger partial charge in [0, 0.05) is 5.56 Å². The Labute approximate surface area is 123 Å².